The molecule has 8 N–H and O–H groups in total. The van der Waals surface area contributed by atoms with Gasteiger partial charge in [0.15, 0.2) is 29.7 Å². The van der Waals surface area contributed by atoms with Crippen molar-refractivity contribution in [3.05, 3.63) is 124 Å². The quantitative estimate of drug-likeness (QED) is 0.0318. The van der Waals surface area contributed by atoms with Gasteiger partial charge in [0, 0.05) is 45.4 Å². The van der Waals surface area contributed by atoms with Gasteiger partial charge in [-0.15, -0.1) is 0 Å². The van der Waals surface area contributed by atoms with Gasteiger partial charge < -0.3 is 98.0 Å². The Kier molecular flexibility index (Phi) is 20.8. The van der Waals surface area contributed by atoms with Crippen LogP contribution in [0.4, 0.5) is 21.0 Å². The van der Waals surface area contributed by atoms with Crippen LogP contribution < -0.4 is 33.5 Å². The second-order valence-electron chi connectivity index (χ2n) is 23.2. The molecule has 27 heteroatoms. The summed E-state index contributed by atoms with van der Waals surface area (Å²) >= 11 is 0. The van der Waals surface area contributed by atoms with Crippen LogP contribution in [0.2, 0.25) is 0 Å². The van der Waals surface area contributed by atoms with Gasteiger partial charge in [-0.05, 0) is 98.5 Å². The summed E-state index contributed by atoms with van der Waals surface area (Å²) in [4.78, 5) is 75.6. The first kappa shape index (κ1) is 66.0. The van der Waals surface area contributed by atoms with Gasteiger partial charge in [-0.3, -0.25) is 14.4 Å². The van der Waals surface area contributed by atoms with Gasteiger partial charge >= 0.3 is 12.2 Å². The highest BCUT2D eigenvalue weighted by Crippen LogP contribution is 2.44. The number of aryl methyl sites for hydroxylation is 1. The fourth-order valence-corrected chi connectivity index (χ4v) is 11.7. The van der Waals surface area contributed by atoms with Gasteiger partial charge in [0.05, 0.1) is 73.7 Å². The molecule has 0 spiro atoms. The monoisotopic (exact) mass is 1270 g/mol. The van der Waals surface area contributed by atoms with Crippen molar-refractivity contribution in [2.24, 2.45) is 0 Å². The zero-order valence-electron chi connectivity index (χ0n) is 50.5. The van der Waals surface area contributed by atoms with Crippen molar-refractivity contribution in [2.45, 2.75) is 139 Å². The number of aliphatic hydroxyl groups is 8. The molecule has 91 heavy (non-hydrogen) atoms. The van der Waals surface area contributed by atoms with E-state index >= 15 is 0 Å². The van der Waals surface area contributed by atoms with E-state index in [0.29, 0.717) is 59.3 Å². The van der Waals surface area contributed by atoms with Crippen molar-refractivity contribution in [1.29, 1.82) is 0 Å². The predicted octanol–water partition coefficient (Wildman–Crippen LogP) is 3.37. The summed E-state index contributed by atoms with van der Waals surface area (Å²) in [5.41, 5.74) is 3.03. The Morgan fingerprint density at radius 3 is 1.65 bits per heavy atom. The maximum Gasteiger partial charge on any atom is 0.416 e. The molecule has 0 bridgehead atoms. The molecule has 6 heterocycles. The zero-order chi connectivity index (χ0) is 64.9. The molecule has 27 nitrogen and oxygen atoms in total. The van der Waals surface area contributed by atoms with E-state index in [9.17, 15) is 64.8 Å². The molecule has 4 saturated heterocycles. The average Bonchev–Trinajstić information content (AvgIpc) is 1.66. The van der Waals surface area contributed by atoms with Gasteiger partial charge in [-0.1, -0.05) is 42.5 Å². The van der Waals surface area contributed by atoms with Gasteiger partial charge in [0.25, 0.3) is 11.8 Å². The summed E-state index contributed by atoms with van der Waals surface area (Å²) < 4.78 is 57.2. The van der Waals surface area contributed by atoms with Gasteiger partial charge in [0.2, 0.25) is 12.6 Å². The molecular weight excluding hydrogens is 1190 g/mol. The van der Waals surface area contributed by atoms with Gasteiger partial charge in [-0.25, -0.2) is 19.4 Å². The van der Waals surface area contributed by atoms with Crippen molar-refractivity contribution in [3.63, 3.8) is 0 Å². The minimum Gasteiger partial charge on any atom is -0.493 e. The highest BCUT2D eigenvalue weighted by Gasteiger charge is 2.49. The molecule has 4 amide bonds. The number of amides is 4. The minimum atomic E-state index is -1.65. The maximum absolute atomic E-state index is 14.4. The van der Waals surface area contributed by atoms with Crippen LogP contribution in [0.15, 0.2) is 91.0 Å². The standard InChI is InChI=1S/C64H76N4O23/c1-33-20-44-59(78)67(64(81)89-30-37-13-16-49(41(23-37)46(69)10-9-17-82-4)91-62-56(75)54(73)48(71)32-87-62)42-25-50(35(3)22-39(42)57(76)65(44)27-33)84-18-7-6-8-19-85-52-26-43-40(24-51(52)83-5)58(77)66-28-34(2)21-45(66)60(79)68(43)63(80)88-29-36-11-14-38(15-12-36)90-61-55(74)53(72)47(70)31-86-61/h11-16,22-26,44-45,47-48,53-56,59-62,70-75,78-79H,1-2,6-10,17-21,27-32H2,3-5H3/t44-,45-,47+,48+,53-,54-,55+,56+,59?,60?,61-,62-/m0/s1. The first-order valence-electron chi connectivity index (χ1n) is 29.9. The molecule has 0 aliphatic carbocycles. The van der Waals surface area contributed by atoms with E-state index < -0.39 is 104 Å². The van der Waals surface area contributed by atoms with Crippen LogP contribution in [0.3, 0.4) is 0 Å². The first-order valence-corrected chi connectivity index (χ1v) is 29.9. The van der Waals surface area contributed by atoms with Crippen LogP contribution in [0.25, 0.3) is 0 Å². The number of rotatable bonds is 22. The Hall–Kier alpha value is -7.93. The summed E-state index contributed by atoms with van der Waals surface area (Å²) in [6.07, 6.45) is -14.3. The third-order valence-electron chi connectivity index (χ3n) is 16.7. The number of fused-ring (bicyclic) bond motifs is 4. The molecule has 12 atom stereocenters. The number of hydrogen-bond acceptors (Lipinski definition) is 23. The summed E-state index contributed by atoms with van der Waals surface area (Å²) in [6.45, 7) is 9.46. The van der Waals surface area contributed by atoms with E-state index in [0.717, 1.165) is 9.80 Å². The molecule has 10 rings (SSSR count). The van der Waals surface area contributed by atoms with Crippen LogP contribution in [0, 0.1) is 6.92 Å². The number of methoxy groups -OCH3 is 2. The fourth-order valence-electron chi connectivity index (χ4n) is 11.7. The van der Waals surface area contributed by atoms with Crippen molar-refractivity contribution >= 4 is 41.2 Å². The van der Waals surface area contributed by atoms with Crippen LogP contribution in [-0.4, -0.2) is 215 Å². The van der Waals surface area contributed by atoms with E-state index in [1.165, 1.54) is 72.6 Å². The van der Waals surface area contributed by atoms with Crippen molar-refractivity contribution < 1.29 is 112 Å². The van der Waals surface area contributed by atoms with E-state index in [-0.39, 0.29) is 129 Å². The molecule has 0 radical (unpaired) electrons. The third kappa shape index (κ3) is 14.3. The molecule has 490 valence electrons. The number of unbranched alkanes of at least 4 members (excludes halogenated alkanes) is 2. The maximum atomic E-state index is 14.4. The lowest BCUT2D eigenvalue weighted by molar-refractivity contribution is -0.242. The SMILES string of the molecule is C=C1C[C@H]2C(O)N(C(=O)OCc3ccc(O[C@@H]4OC[C@@H](O)[C@H](O)[C@H]4O)c(C(=O)CCCOC)c3)c3cc(OCCCCCOc4cc5c(cc4OC)C(=O)N4CC(=C)C[C@H]4C(O)N5C(=O)OCc4ccc(O[C@@H]5OC[C@@H](O)[C@H](O)[C@H]5O)cc4)c(C)cc3C(=O)N2C1. The predicted molar refractivity (Wildman–Crippen MR) is 319 cm³/mol. The number of carbonyl (C=O) groups is 5. The van der Waals surface area contributed by atoms with Crippen LogP contribution in [0.5, 0.6) is 28.7 Å². The lowest BCUT2D eigenvalue weighted by Gasteiger charge is -2.35. The van der Waals surface area contributed by atoms with Crippen molar-refractivity contribution in [3.8, 4) is 28.7 Å². The Morgan fingerprint density at radius 1 is 0.571 bits per heavy atom. The van der Waals surface area contributed by atoms with Crippen LogP contribution in [-0.2, 0) is 36.9 Å². The van der Waals surface area contributed by atoms with Crippen molar-refractivity contribution in [2.75, 3.05) is 70.1 Å². The number of anilines is 2. The molecule has 0 aromatic heterocycles. The van der Waals surface area contributed by atoms with Crippen LogP contribution in [0.1, 0.15) is 92.7 Å². The Labute approximate surface area is 523 Å². The number of benzene rings is 4. The zero-order valence-corrected chi connectivity index (χ0v) is 50.5. The summed E-state index contributed by atoms with van der Waals surface area (Å²) in [5, 5.41) is 84.8. The minimum absolute atomic E-state index is 0.00157. The molecule has 6 aliphatic heterocycles. The number of ether oxygens (including phenoxy) is 10. The second-order valence-corrected chi connectivity index (χ2v) is 23.2. The topological polar surface area (TPSA) is 352 Å². The Bertz CT molecular complexity index is 3360. The Morgan fingerprint density at radius 2 is 1.09 bits per heavy atom. The van der Waals surface area contributed by atoms with Crippen molar-refractivity contribution in [1.82, 2.24) is 9.80 Å². The van der Waals surface area contributed by atoms with E-state index in [4.69, 9.17) is 47.4 Å². The van der Waals surface area contributed by atoms with E-state index in [1.807, 2.05) is 0 Å². The number of nitrogens with zero attached hydrogens (tertiary/aromatic N) is 4. The van der Waals surface area contributed by atoms with Crippen LogP contribution >= 0.6 is 0 Å². The molecule has 2 unspecified atom stereocenters. The summed E-state index contributed by atoms with van der Waals surface area (Å²) in [7, 11) is 2.90. The summed E-state index contributed by atoms with van der Waals surface area (Å²) in [6, 6.07) is 14.9. The Balaban J connectivity index is 0.790. The number of hydrogen-bond donors (Lipinski definition) is 8. The second kappa shape index (κ2) is 28.7. The fraction of sp³-hybridized carbons (Fsp3) is 0.484. The first-order chi connectivity index (χ1) is 43.6. The lowest BCUT2D eigenvalue weighted by Crippen LogP contribution is -2.54. The highest BCUT2D eigenvalue weighted by atomic mass is 16.7. The van der Waals surface area contributed by atoms with Gasteiger partial charge in [-0.2, -0.15) is 0 Å². The average molecular weight is 1270 g/mol. The normalized spacial score (nSPS) is 26.2. The summed E-state index contributed by atoms with van der Waals surface area (Å²) in [5.74, 6) is -0.358. The molecule has 6 aliphatic rings. The number of Topliss-reactive ketones (excluding diaryl/α,β-unsaturated/α-hetero) is 1. The third-order valence-corrected chi connectivity index (χ3v) is 16.7. The molecular formula is C64H76N4O23. The molecule has 4 aromatic carbocycles. The largest absolute Gasteiger partial charge is 0.493 e. The smallest absolute Gasteiger partial charge is 0.416 e. The number of ketones is 1. The molecule has 0 saturated carbocycles. The lowest BCUT2D eigenvalue weighted by atomic mass is 10.0. The molecule has 4 aromatic rings. The molecule has 4 fully saturated rings. The van der Waals surface area contributed by atoms with E-state index in [2.05, 4.69) is 13.2 Å². The van der Waals surface area contributed by atoms with E-state index in [1.54, 1.807) is 25.1 Å². The number of aliphatic hydroxyl groups excluding tert-OH is 8. The van der Waals surface area contributed by atoms with Gasteiger partial charge in [0.1, 0.15) is 67.1 Å². The number of carbonyl (C=O) groups excluding carboxylic acids is 5. The highest BCUT2D eigenvalue weighted by molar-refractivity contribution is 6.07.